The summed E-state index contributed by atoms with van der Waals surface area (Å²) in [7, 11) is -4.41. The number of esters is 2. The zero-order valence-electron chi connectivity index (χ0n) is 50.9. The molecule has 3 N–H and O–H groups in total. The van der Waals surface area contributed by atoms with Crippen LogP contribution in [0.5, 0.6) is 0 Å². The Balaban J connectivity index is 4.07. The summed E-state index contributed by atoms with van der Waals surface area (Å²) in [6.07, 6.45) is 95.6. The molecule has 0 aromatic carbocycles. The van der Waals surface area contributed by atoms with Crippen molar-refractivity contribution in [2.24, 2.45) is 5.73 Å². The summed E-state index contributed by atoms with van der Waals surface area (Å²) in [4.78, 5) is 35.3. The second kappa shape index (κ2) is 64.5. The Morgan fingerprint density at radius 1 is 0.370 bits per heavy atom. The summed E-state index contributed by atoms with van der Waals surface area (Å²) < 4.78 is 33.1. The Hall–Kier alpha value is -4.63. The lowest BCUT2D eigenvalue weighted by atomic mass is 10.0. The minimum Gasteiger partial charge on any atom is -0.462 e. The molecule has 10 heteroatoms. The van der Waals surface area contributed by atoms with Crippen molar-refractivity contribution >= 4 is 19.8 Å². The van der Waals surface area contributed by atoms with Gasteiger partial charge in [0.1, 0.15) is 6.61 Å². The highest BCUT2D eigenvalue weighted by Gasteiger charge is 2.26. The molecule has 0 aliphatic rings. The maximum atomic E-state index is 12.7. The molecule has 0 aliphatic heterocycles. The highest BCUT2D eigenvalue weighted by Crippen LogP contribution is 2.43. The maximum absolute atomic E-state index is 12.7. The Morgan fingerprint density at radius 3 is 0.963 bits per heavy atom. The van der Waals surface area contributed by atoms with Crippen LogP contribution in [-0.2, 0) is 32.7 Å². The van der Waals surface area contributed by atoms with Gasteiger partial charge in [-0.2, -0.15) is 0 Å². The fourth-order valence-electron chi connectivity index (χ4n) is 8.01. The first-order chi connectivity index (χ1) is 39.8. The van der Waals surface area contributed by atoms with Crippen LogP contribution in [0.2, 0.25) is 0 Å². The first-order valence-corrected chi connectivity index (χ1v) is 33.1. The fourth-order valence-corrected chi connectivity index (χ4v) is 8.77. The normalized spacial score (nSPS) is 14.2. The lowest BCUT2D eigenvalue weighted by Gasteiger charge is -2.19. The van der Waals surface area contributed by atoms with Crippen molar-refractivity contribution in [3.05, 3.63) is 170 Å². The number of phosphoric ester groups is 1. The van der Waals surface area contributed by atoms with E-state index in [4.69, 9.17) is 24.3 Å². The van der Waals surface area contributed by atoms with E-state index in [9.17, 15) is 19.0 Å². The summed E-state index contributed by atoms with van der Waals surface area (Å²) in [5.41, 5.74) is 5.39. The van der Waals surface area contributed by atoms with Gasteiger partial charge in [0.25, 0.3) is 0 Å². The number of phosphoric acid groups is 1. The molecule has 81 heavy (non-hydrogen) atoms. The van der Waals surface area contributed by atoms with Crippen molar-refractivity contribution in [3.8, 4) is 0 Å². The number of ether oxygens (including phenoxy) is 2. The minimum absolute atomic E-state index is 0.0383. The zero-order chi connectivity index (χ0) is 58.7. The average molecular weight is 1140 g/mol. The van der Waals surface area contributed by atoms with Gasteiger partial charge in [-0.3, -0.25) is 18.6 Å². The van der Waals surface area contributed by atoms with Crippen molar-refractivity contribution in [2.45, 2.75) is 238 Å². The molecule has 0 rings (SSSR count). The summed E-state index contributed by atoms with van der Waals surface area (Å²) in [5.74, 6) is -0.879. The molecule has 0 bridgehead atoms. The van der Waals surface area contributed by atoms with Gasteiger partial charge in [-0.05, 0) is 128 Å². The van der Waals surface area contributed by atoms with Crippen LogP contribution in [-0.4, -0.2) is 49.3 Å². The SMILES string of the molecule is CC/C=C\C/C=C\C/C=C\C/C=C\C/C=C\C/C=C\C/C=C\C/C=C\C/C=C\CCCCCC(=O)OC(COC(=O)CCCCCCCCCCCCCCC/C=C\C/C=C\C/C=C\C/C=C\C/C=C\CC)COP(=O)(O)OCCN. The van der Waals surface area contributed by atoms with E-state index in [2.05, 4.69) is 184 Å². The van der Waals surface area contributed by atoms with Crippen molar-refractivity contribution in [1.29, 1.82) is 0 Å². The summed E-state index contributed by atoms with van der Waals surface area (Å²) in [5, 5.41) is 0. The van der Waals surface area contributed by atoms with E-state index in [1.807, 2.05) is 0 Å². The molecule has 0 fully saturated rings. The molecule has 0 aromatic rings. The van der Waals surface area contributed by atoms with E-state index in [0.717, 1.165) is 135 Å². The van der Waals surface area contributed by atoms with Crippen LogP contribution in [0.25, 0.3) is 0 Å². The van der Waals surface area contributed by atoms with E-state index >= 15 is 0 Å². The van der Waals surface area contributed by atoms with Gasteiger partial charge in [-0.15, -0.1) is 0 Å². The van der Waals surface area contributed by atoms with Gasteiger partial charge in [-0.25, -0.2) is 4.57 Å². The monoisotopic (exact) mass is 1140 g/mol. The summed E-state index contributed by atoms with van der Waals surface area (Å²) in [6, 6.07) is 0. The van der Waals surface area contributed by atoms with E-state index in [1.54, 1.807) is 0 Å². The van der Waals surface area contributed by atoms with Crippen molar-refractivity contribution < 1.29 is 37.6 Å². The standard InChI is InChI=1S/C71H114NO8P/c1-3-5-7-9-11-13-15-17-19-21-23-25-27-29-31-33-34-36-38-40-42-44-46-48-50-52-54-56-58-60-62-64-71(74)80-69(68-79-81(75,76)78-66-65-72)67-77-70(73)63-61-59-57-55-53-51-49-47-45-43-41-39-37-35-32-30-28-26-24-22-20-18-16-14-12-10-8-6-4-2/h5-8,11-14,17-20,23-26,29-32,34,36,40,42,46,48,52,54,69H,3-4,9-10,15-16,21-22,27-28,33,35,37-39,41,43-45,47,49-51,53,55-68,72H2,1-2H3,(H,75,76)/b7-5-,8-6-,13-11-,14-12-,19-17-,20-18-,25-23-,26-24-,31-29-,32-30-,36-34-,42-40-,48-46-,54-52-. The number of carbonyl (C=O) groups is 2. The molecule has 0 saturated heterocycles. The Kier molecular flexibility index (Phi) is 60.8. The molecule has 2 atom stereocenters. The highest BCUT2D eigenvalue weighted by molar-refractivity contribution is 7.47. The summed E-state index contributed by atoms with van der Waals surface area (Å²) in [6.45, 7) is 3.46. The molecular weight excluding hydrogens is 1030 g/mol. The van der Waals surface area contributed by atoms with Crippen LogP contribution in [0.1, 0.15) is 232 Å². The number of allylic oxidation sites excluding steroid dienone is 28. The quantitative estimate of drug-likeness (QED) is 0.0264. The number of hydrogen-bond acceptors (Lipinski definition) is 8. The van der Waals surface area contributed by atoms with E-state index < -0.39 is 32.5 Å². The molecule has 0 amide bonds. The van der Waals surface area contributed by atoms with Crippen LogP contribution in [0.4, 0.5) is 0 Å². The van der Waals surface area contributed by atoms with Gasteiger partial charge in [-0.1, -0.05) is 261 Å². The number of unbranched alkanes of at least 4 members (excludes halogenated alkanes) is 16. The molecule has 2 unspecified atom stereocenters. The van der Waals surface area contributed by atoms with E-state index in [0.29, 0.717) is 6.42 Å². The van der Waals surface area contributed by atoms with Gasteiger partial charge < -0.3 is 20.1 Å². The predicted octanol–water partition coefficient (Wildman–Crippen LogP) is 20.6. The largest absolute Gasteiger partial charge is 0.472 e. The molecule has 0 heterocycles. The van der Waals surface area contributed by atoms with Gasteiger partial charge in [0.2, 0.25) is 0 Å². The molecule has 0 spiro atoms. The third-order valence-electron chi connectivity index (χ3n) is 12.6. The second-order valence-electron chi connectivity index (χ2n) is 20.2. The van der Waals surface area contributed by atoms with Gasteiger partial charge in [0, 0.05) is 19.4 Å². The third-order valence-corrected chi connectivity index (χ3v) is 13.6. The smallest absolute Gasteiger partial charge is 0.462 e. The summed E-state index contributed by atoms with van der Waals surface area (Å²) >= 11 is 0. The van der Waals surface area contributed by atoms with Crippen molar-refractivity contribution in [3.63, 3.8) is 0 Å². The molecule has 9 nitrogen and oxygen atoms in total. The Morgan fingerprint density at radius 2 is 0.642 bits per heavy atom. The average Bonchev–Trinajstić information content (AvgIpc) is 3.46. The molecule has 456 valence electrons. The lowest BCUT2D eigenvalue weighted by Crippen LogP contribution is -2.29. The third kappa shape index (κ3) is 64.4. The predicted molar refractivity (Wildman–Crippen MR) is 348 cm³/mol. The fraction of sp³-hybridized carbons (Fsp3) is 0.577. The van der Waals surface area contributed by atoms with E-state index in [-0.39, 0.29) is 32.6 Å². The lowest BCUT2D eigenvalue weighted by molar-refractivity contribution is -0.161. The van der Waals surface area contributed by atoms with Gasteiger partial charge in [0.05, 0.1) is 13.2 Å². The van der Waals surface area contributed by atoms with Crippen LogP contribution < -0.4 is 5.73 Å². The van der Waals surface area contributed by atoms with Gasteiger partial charge >= 0.3 is 19.8 Å². The molecule has 0 aliphatic carbocycles. The molecule has 0 radical (unpaired) electrons. The topological polar surface area (TPSA) is 134 Å². The second-order valence-corrected chi connectivity index (χ2v) is 21.6. The molecule has 0 aromatic heterocycles. The van der Waals surface area contributed by atoms with Crippen LogP contribution >= 0.6 is 7.82 Å². The minimum atomic E-state index is -4.41. The number of nitrogens with two attached hydrogens (primary N) is 1. The molecular formula is C71H114NO8P. The Bertz CT molecular complexity index is 1930. The van der Waals surface area contributed by atoms with E-state index in [1.165, 1.54) is 64.2 Å². The molecule has 0 saturated carbocycles. The maximum Gasteiger partial charge on any atom is 0.472 e. The number of rotatable bonds is 57. The number of hydrogen-bond donors (Lipinski definition) is 2. The van der Waals surface area contributed by atoms with Crippen molar-refractivity contribution in [2.75, 3.05) is 26.4 Å². The highest BCUT2D eigenvalue weighted by atomic mass is 31.2. The first-order valence-electron chi connectivity index (χ1n) is 31.6. The Labute approximate surface area is 495 Å². The van der Waals surface area contributed by atoms with Crippen molar-refractivity contribution in [1.82, 2.24) is 0 Å². The number of carbonyl (C=O) groups excluding carboxylic acids is 2. The van der Waals surface area contributed by atoms with Gasteiger partial charge in [0.15, 0.2) is 6.10 Å². The van der Waals surface area contributed by atoms with Crippen LogP contribution in [0.3, 0.4) is 0 Å². The zero-order valence-corrected chi connectivity index (χ0v) is 51.8. The first kappa shape index (κ1) is 76.4. The van der Waals surface area contributed by atoms with Crippen LogP contribution in [0, 0.1) is 0 Å². The van der Waals surface area contributed by atoms with Crippen LogP contribution in [0.15, 0.2) is 170 Å².